The maximum absolute atomic E-state index is 12.6. The number of esters is 1. The molecule has 3 N–H and O–H groups in total. The molecule has 8 nitrogen and oxygen atoms in total. The Morgan fingerprint density at radius 1 is 1.25 bits per heavy atom. The number of aromatic amines is 1. The first-order valence-corrected chi connectivity index (χ1v) is 12.6. The van der Waals surface area contributed by atoms with Gasteiger partial charge in [0.25, 0.3) is 0 Å². The van der Waals surface area contributed by atoms with Crippen LogP contribution in [0.15, 0.2) is 29.8 Å². The number of benzene rings is 1. The van der Waals surface area contributed by atoms with Crippen molar-refractivity contribution in [2.24, 2.45) is 29.1 Å². The highest BCUT2D eigenvalue weighted by Crippen LogP contribution is 2.38. The van der Waals surface area contributed by atoms with E-state index < -0.39 is 11.4 Å². The number of imidazole rings is 1. The molecule has 196 valence electrons. The van der Waals surface area contributed by atoms with E-state index in [2.05, 4.69) is 37.1 Å². The summed E-state index contributed by atoms with van der Waals surface area (Å²) in [6.45, 7) is 10.7. The van der Waals surface area contributed by atoms with Crippen LogP contribution in [0.5, 0.6) is 0 Å². The van der Waals surface area contributed by atoms with Crippen molar-refractivity contribution in [2.45, 2.75) is 60.3 Å². The second-order valence-electron chi connectivity index (χ2n) is 11.2. The Morgan fingerprint density at radius 2 is 1.97 bits per heavy atom. The van der Waals surface area contributed by atoms with Crippen LogP contribution in [-0.4, -0.2) is 46.6 Å². The van der Waals surface area contributed by atoms with E-state index in [-0.39, 0.29) is 30.6 Å². The van der Waals surface area contributed by atoms with E-state index in [4.69, 9.17) is 14.8 Å². The summed E-state index contributed by atoms with van der Waals surface area (Å²) >= 11 is 0. The van der Waals surface area contributed by atoms with Gasteiger partial charge in [-0.2, -0.15) is 0 Å². The van der Waals surface area contributed by atoms with E-state index in [1.807, 2.05) is 6.07 Å². The third kappa shape index (κ3) is 6.95. The molecular weight excluding hydrogens is 458 g/mol. The maximum Gasteiger partial charge on any atom is 0.337 e. The number of methoxy groups -OCH3 is 1. The highest BCUT2D eigenvalue weighted by molar-refractivity contribution is 5.93. The molecule has 0 saturated heterocycles. The smallest absolute Gasteiger partial charge is 0.337 e. The Labute approximate surface area is 212 Å². The lowest BCUT2D eigenvalue weighted by atomic mass is 9.69. The number of H-pyrrole nitrogens is 1. The third-order valence-electron chi connectivity index (χ3n) is 7.28. The van der Waals surface area contributed by atoms with E-state index in [9.17, 15) is 14.4 Å². The minimum absolute atomic E-state index is 0.0368. The van der Waals surface area contributed by atoms with Crippen molar-refractivity contribution in [3.05, 3.63) is 41.2 Å². The van der Waals surface area contributed by atoms with E-state index >= 15 is 0 Å². The van der Waals surface area contributed by atoms with Gasteiger partial charge in [0.1, 0.15) is 5.82 Å². The standard InChI is InChI=1S/C28H39N3O5/c1-16(2)21-10-19(12-24-30-22-8-7-18(27(35)36-6)11-23(22)31-24)17(3)9-20(21)15-29-25(32)13-28(4,5)14-26(33)34/h7-9,11,16,19-21H,10,12-15H2,1-6H3,(H,29,32)(H,30,31)(H,33,34). The number of hydrogen-bond acceptors (Lipinski definition) is 5. The fourth-order valence-electron chi connectivity index (χ4n) is 5.35. The Morgan fingerprint density at radius 3 is 2.61 bits per heavy atom. The van der Waals surface area contributed by atoms with Gasteiger partial charge in [-0.3, -0.25) is 9.59 Å². The summed E-state index contributed by atoms with van der Waals surface area (Å²) in [7, 11) is 1.37. The predicted octanol–water partition coefficient (Wildman–Crippen LogP) is 4.75. The molecule has 3 atom stereocenters. The molecule has 1 aliphatic carbocycles. The summed E-state index contributed by atoms with van der Waals surface area (Å²) in [6, 6.07) is 5.33. The number of carboxylic acid groups (broad SMARTS) is 1. The second kappa shape index (κ2) is 11.3. The van der Waals surface area contributed by atoms with Crippen LogP contribution in [0, 0.1) is 29.1 Å². The monoisotopic (exact) mass is 497 g/mol. The van der Waals surface area contributed by atoms with E-state index in [0.29, 0.717) is 29.9 Å². The van der Waals surface area contributed by atoms with Gasteiger partial charge in [-0.1, -0.05) is 39.3 Å². The summed E-state index contributed by atoms with van der Waals surface area (Å²) in [5.74, 6) is 0.929. The summed E-state index contributed by atoms with van der Waals surface area (Å²) in [5.41, 5.74) is 2.83. The number of carboxylic acids is 1. The molecule has 0 saturated carbocycles. The van der Waals surface area contributed by atoms with Gasteiger partial charge in [0.2, 0.25) is 5.91 Å². The lowest BCUT2D eigenvalue weighted by molar-refractivity contribution is -0.139. The zero-order valence-electron chi connectivity index (χ0n) is 22.2. The Bertz CT molecular complexity index is 1150. The zero-order valence-corrected chi connectivity index (χ0v) is 22.2. The molecule has 3 unspecified atom stereocenters. The van der Waals surface area contributed by atoms with E-state index in [1.54, 1.807) is 26.0 Å². The molecular formula is C28H39N3O5. The van der Waals surface area contributed by atoms with Crippen LogP contribution in [0.2, 0.25) is 0 Å². The number of amides is 1. The number of nitrogens with one attached hydrogen (secondary N) is 2. The minimum atomic E-state index is -0.891. The van der Waals surface area contributed by atoms with Gasteiger partial charge in [0.15, 0.2) is 0 Å². The largest absolute Gasteiger partial charge is 0.481 e. The van der Waals surface area contributed by atoms with Gasteiger partial charge in [-0.15, -0.1) is 0 Å². The van der Waals surface area contributed by atoms with Crippen molar-refractivity contribution < 1.29 is 24.2 Å². The van der Waals surface area contributed by atoms with Crippen molar-refractivity contribution in [3.63, 3.8) is 0 Å². The SMILES string of the molecule is COC(=O)c1ccc2nc(CC3CC(C(C)C)C(CNC(=O)CC(C)(C)CC(=O)O)C=C3C)[nH]c2c1. The normalized spacial score (nSPS) is 20.3. The molecule has 8 heteroatoms. The fourth-order valence-corrected chi connectivity index (χ4v) is 5.35. The van der Waals surface area contributed by atoms with Crippen molar-refractivity contribution >= 4 is 28.9 Å². The number of rotatable bonds is 10. The minimum Gasteiger partial charge on any atom is -0.481 e. The van der Waals surface area contributed by atoms with Crippen molar-refractivity contribution in [1.82, 2.24) is 15.3 Å². The molecule has 1 amide bonds. The topological polar surface area (TPSA) is 121 Å². The molecule has 1 heterocycles. The van der Waals surface area contributed by atoms with Crippen molar-refractivity contribution in [3.8, 4) is 0 Å². The molecule has 36 heavy (non-hydrogen) atoms. The Hall–Kier alpha value is -3.16. The average molecular weight is 498 g/mol. The molecule has 1 aromatic carbocycles. The van der Waals surface area contributed by atoms with Crippen LogP contribution in [0.3, 0.4) is 0 Å². The summed E-state index contributed by atoms with van der Waals surface area (Å²) in [4.78, 5) is 43.6. The van der Waals surface area contributed by atoms with Crippen LogP contribution in [0.1, 0.15) is 70.1 Å². The number of fused-ring (bicyclic) bond motifs is 1. The van der Waals surface area contributed by atoms with Crippen LogP contribution in [0.4, 0.5) is 0 Å². The molecule has 0 bridgehead atoms. The molecule has 0 radical (unpaired) electrons. The van der Waals surface area contributed by atoms with Gasteiger partial charge in [-0.05, 0) is 60.6 Å². The van der Waals surface area contributed by atoms with Crippen LogP contribution in [0.25, 0.3) is 11.0 Å². The number of carbonyl (C=O) groups is 3. The van der Waals surface area contributed by atoms with E-state index in [0.717, 1.165) is 29.7 Å². The molecule has 3 rings (SSSR count). The summed E-state index contributed by atoms with van der Waals surface area (Å²) in [5, 5.41) is 12.1. The number of aliphatic carboxylic acids is 1. The first-order chi connectivity index (χ1) is 16.9. The third-order valence-corrected chi connectivity index (χ3v) is 7.28. The predicted molar refractivity (Wildman–Crippen MR) is 138 cm³/mol. The first kappa shape index (κ1) is 27.4. The van der Waals surface area contributed by atoms with Crippen LogP contribution in [-0.2, 0) is 20.7 Å². The van der Waals surface area contributed by atoms with Gasteiger partial charge in [-0.25, -0.2) is 9.78 Å². The maximum atomic E-state index is 12.6. The number of aromatic nitrogens is 2. The quantitative estimate of drug-likeness (QED) is 0.322. The number of allylic oxidation sites excluding steroid dienone is 1. The zero-order chi connectivity index (χ0) is 26.6. The molecule has 2 aromatic rings. The highest BCUT2D eigenvalue weighted by Gasteiger charge is 2.33. The fraction of sp³-hybridized carbons (Fsp3) is 0.571. The van der Waals surface area contributed by atoms with Crippen LogP contribution >= 0.6 is 0 Å². The number of nitrogens with zero attached hydrogens (tertiary/aromatic N) is 1. The highest BCUT2D eigenvalue weighted by atomic mass is 16.5. The lowest BCUT2D eigenvalue weighted by Crippen LogP contribution is -2.38. The average Bonchev–Trinajstić information content (AvgIpc) is 3.18. The Balaban J connectivity index is 1.68. The van der Waals surface area contributed by atoms with Gasteiger partial charge in [0, 0.05) is 19.4 Å². The molecule has 1 aliphatic rings. The summed E-state index contributed by atoms with van der Waals surface area (Å²) in [6.07, 6.45) is 4.21. The van der Waals surface area contributed by atoms with Crippen molar-refractivity contribution in [2.75, 3.05) is 13.7 Å². The Kier molecular flexibility index (Phi) is 8.59. The number of hydrogen-bond donors (Lipinski definition) is 3. The van der Waals surface area contributed by atoms with Crippen LogP contribution < -0.4 is 5.32 Å². The van der Waals surface area contributed by atoms with Gasteiger partial charge >= 0.3 is 11.9 Å². The first-order valence-electron chi connectivity index (χ1n) is 12.6. The summed E-state index contributed by atoms with van der Waals surface area (Å²) < 4.78 is 4.81. The van der Waals surface area contributed by atoms with Gasteiger partial charge < -0.3 is 20.1 Å². The number of ether oxygens (including phenoxy) is 1. The molecule has 0 aliphatic heterocycles. The van der Waals surface area contributed by atoms with Gasteiger partial charge in [0.05, 0.1) is 30.1 Å². The lowest BCUT2D eigenvalue weighted by Gasteiger charge is -2.37. The molecule has 1 aromatic heterocycles. The number of carbonyl (C=O) groups excluding carboxylic acids is 2. The van der Waals surface area contributed by atoms with Crippen molar-refractivity contribution in [1.29, 1.82) is 0 Å². The molecule has 0 fully saturated rings. The molecule has 0 spiro atoms. The second-order valence-corrected chi connectivity index (χ2v) is 11.2. The van der Waals surface area contributed by atoms with E-state index in [1.165, 1.54) is 12.7 Å².